The van der Waals surface area contributed by atoms with Gasteiger partial charge in [0, 0.05) is 36.2 Å². The van der Waals surface area contributed by atoms with Crippen molar-refractivity contribution < 1.29 is 9.90 Å². The van der Waals surface area contributed by atoms with Crippen LogP contribution in [0.2, 0.25) is 0 Å². The smallest absolute Gasteiger partial charge is 0.335 e. The van der Waals surface area contributed by atoms with Crippen LogP contribution in [0.3, 0.4) is 0 Å². The van der Waals surface area contributed by atoms with Crippen LogP contribution in [0.25, 0.3) is 10.9 Å². The van der Waals surface area contributed by atoms with Gasteiger partial charge in [0.25, 0.3) is 0 Å². The molecule has 0 bridgehead atoms. The molecule has 0 radical (unpaired) electrons. The molecule has 1 saturated heterocycles. The Morgan fingerprint density at radius 2 is 1.89 bits per heavy atom. The van der Waals surface area contributed by atoms with E-state index in [2.05, 4.69) is 49.7 Å². The molecule has 1 aliphatic rings. The lowest BCUT2D eigenvalue weighted by Crippen LogP contribution is -2.51. The Balaban J connectivity index is 1.66. The Morgan fingerprint density at radius 3 is 2.54 bits per heavy atom. The first-order valence-corrected chi connectivity index (χ1v) is 10.00. The number of carboxylic acid groups (broad SMARTS) is 1. The van der Waals surface area contributed by atoms with Crippen molar-refractivity contribution in [3.8, 4) is 0 Å². The Kier molecular flexibility index (Phi) is 4.76. The minimum absolute atomic E-state index is 0.331. The Morgan fingerprint density at radius 1 is 1.18 bits per heavy atom. The van der Waals surface area contributed by atoms with E-state index in [0.717, 1.165) is 13.1 Å². The van der Waals surface area contributed by atoms with E-state index >= 15 is 0 Å². The summed E-state index contributed by atoms with van der Waals surface area (Å²) in [7, 11) is 0. The normalized spacial score (nSPS) is 19.9. The third-order valence-electron chi connectivity index (χ3n) is 6.34. The molecule has 0 saturated carbocycles. The number of aryl methyl sites for hydroxylation is 2. The van der Waals surface area contributed by atoms with E-state index in [4.69, 9.17) is 0 Å². The predicted octanol–water partition coefficient (Wildman–Crippen LogP) is 5.31. The first-order chi connectivity index (χ1) is 13.4. The number of rotatable bonds is 5. The van der Waals surface area contributed by atoms with E-state index in [0.29, 0.717) is 23.4 Å². The average Bonchev–Trinajstić information content (AvgIpc) is 3.10. The molecule has 2 heterocycles. The second-order valence-corrected chi connectivity index (χ2v) is 8.46. The summed E-state index contributed by atoms with van der Waals surface area (Å²) >= 11 is 0. The number of fused-ring (bicyclic) bond motifs is 1. The molecular weight excluding hydrogens is 348 g/mol. The van der Waals surface area contributed by atoms with Crippen LogP contribution in [0.15, 0.2) is 42.6 Å². The summed E-state index contributed by atoms with van der Waals surface area (Å²) in [5.41, 5.74) is 6.78. The van der Waals surface area contributed by atoms with Gasteiger partial charge in [-0.05, 0) is 66.1 Å². The molecule has 4 nitrogen and oxygen atoms in total. The SMILES string of the molecule is Cc1cc(C)c2[nH]ccc2c1CN1CC(C(C)C)[C@@H]1c1ccc(C(=O)O)cc1. The highest BCUT2D eigenvalue weighted by molar-refractivity contribution is 5.88. The van der Waals surface area contributed by atoms with Crippen molar-refractivity contribution in [1.29, 1.82) is 0 Å². The van der Waals surface area contributed by atoms with Gasteiger partial charge in [0.2, 0.25) is 0 Å². The molecule has 1 aromatic heterocycles. The largest absolute Gasteiger partial charge is 0.478 e. The number of hydrogen-bond acceptors (Lipinski definition) is 2. The number of benzene rings is 2. The molecule has 4 rings (SSSR count). The molecule has 2 atom stereocenters. The van der Waals surface area contributed by atoms with Gasteiger partial charge in [-0.1, -0.05) is 32.0 Å². The zero-order chi connectivity index (χ0) is 20.0. The number of aromatic nitrogens is 1. The van der Waals surface area contributed by atoms with Crippen LogP contribution in [-0.2, 0) is 6.54 Å². The number of carbonyl (C=O) groups is 1. The predicted molar refractivity (Wildman–Crippen MR) is 113 cm³/mol. The molecule has 2 aromatic carbocycles. The minimum Gasteiger partial charge on any atom is -0.478 e. The van der Waals surface area contributed by atoms with Crippen LogP contribution in [0.1, 0.15) is 52.5 Å². The van der Waals surface area contributed by atoms with Crippen molar-refractivity contribution in [2.45, 2.75) is 40.3 Å². The summed E-state index contributed by atoms with van der Waals surface area (Å²) in [5, 5.41) is 10.5. The number of carboxylic acids is 1. The average molecular weight is 377 g/mol. The van der Waals surface area contributed by atoms with Crippen LogP contribution in [0.4, 0.5) is 0 Å². The highest BCUT2D eigenvalue weighted by Crippen LogP contribution is 2.44. The molecule has 0 aliphatic carbocycles. The Bertz CT molecular complexity index is 1020. The molecule has 28 heavy (non-hydrogen) atoms. The summed E-state index contributed by atoms with van der Waals surface area (Å²) < 4.78 is 0. The van der Waals surface area contributed by atoms with Gasteiger partial charge in [0.1, 0.15) is 0 Å². The quantitative estimate of drug-likeness (QED) is 0.634. The number of H-pyrrole nitrogens is 1. The van der Waals surface area contributed by atoms with Crippen LogP contribution >= 0.6 is 0 Å². The molecule has 0 amide bonds. The zero-order valence-electron chi connectivity index (χ0n) is 17.0. The summed E-state index contributed by atoms with van der Waals surface area (Å²) in [6.07, 6.45) is 2.02. The Hall–Kier alpha value is -2.59. The monoisotopic (exact) mass is 376 g/mol. The molecule has 3 aromatic rings. The fourth-order valence-corrected chi connectivity index (χ4v) is 4.69. The lowest BCUT2D eigenvalue weighted by Gasteiger charge is -2.51. The molecule has 4 heteroatoms. The maximum Gasteiger partial charge on any atom is 0.335 e. The van der Waals surface area contributed by atoms with Gasteiger partial charge in [-0.2, -0.15) is 0 Å². The number of hydrogen-bond donors (Lipinski definition) is 2. The molecular formula is C24H28N2O2. The van der Waals surface area contributed by atoms with Gasteiger partial charge < -0.3 is 10.1 Å². The summed E-state index contributed by atoms with van der Waals surface area (Å²) in [5.74, 6) is 0.303. The van der Waals surface area contributed by atoms with Crippen molar-refractivity contribution in [3.05, 3.63) is 70.4 Å². The molecule has 1 aliphatic heterocycles. The molecule has 146 valence electrons. The van der Waals surface area contributed by atoms with E-state index in [1.807, 2.05) is 18.3 Å². The fraction of sp³-hybridized carbons (Fsp3) is 0.375. The summed E-state index contributed by atoms with van der Waals surface area (Å²) in [6.45, 7) is 10.9. The van der Waals surface area contributed by atoms with E-state index in [9.17, 15) is 9.90 Å². The summed E-state index contributed by atoms with van der Waals surface area (Å²) in [6, 6.07) is 12.2. The van der Waals surface area contributed by atoms with Gasteiger partial charge in [0.15, 0.2) is 0 Å². The van der Waals surface area contributed by atoms with Crippen LogP contribution < -0.4 is 0 Å². The highest BCUT2D eigenvalue weighted by Gasteiger charge is 2.41. The highest BCUT2D eigenvalue weighted by atomic mass is 16.4. The van der Waals surface area contributed by atoms with Gasteiger partial charge in [-0.3, -0.25) is 4.90 Å². The van der Waals surface area contributed by atoms with Crippen molar-refractivity contribution in [3.63, 3.8) is 0 Å². The van der Waals surface area contributed by atoms with Crippen molar-refractivity contribution in [2.24, 2.45) is 11.8 Å². The fourth-order valence-electron chi connectivity index (χ4n) is 4.69. The second-order valence-electron chi connectivity index (χ2n) is 8.46. The molecule has 1 fully saturated rings. The zero-order valence-corrected chi connectivity index (χ0v) is 17.0. The van der Waals surface area contributed by atoms with Crippen LogP contribution in [-0.4, -0.2) is 27.5 Å². The van der Waals surface area contributed by atoms with E-state index in [1.165, 1.54) is 33.2 Å². The molecule has 0 spiro atoms. The third-order valence-corrected chi connectivity index (χ3v) is 6.34. The maximum absolute atomic E-state index is 11.2. The number of nitrogens with one attached hydrogen (secondary N) is 1. The number of nitrogens with zero attached hydrogens (tertiary/aromatic N) is 1. The number of likely N-dealkylation sites (tertiary alicyclic amines) is 1. The van der Waals surface area contributed by atoms with Gasteiger partial charge in [-0.15, -0.1) is 0 Å². The van der Waals surface area contributed by atoms with E-state index < -0.39 is 5.97 Å². The lowest BCUT2D eigenvalue weighted by molar-refractivity contribution is -0.0201. The third kappa shape index (κ3) is 3.12. The lowest BCUT2D eigenvalue weighted by atomic mass is 9.76. The molecule has 2 N–H and O–H groups in total. The second kappa shape index (κ2) is 7.10. The van der Waals surface area contributed by atoms with Gasteiger partial charge >= 0.3 is 5.97 Å². The van der Waals surface area contributed by atoms with Crippen LogP contribution in [0, 0.1) is 25.7 Å². The van der Waals surface area contributed by atoms with Crippen molar-refractivity contribution in [2.75, 3.05) is 6.54 Å². The standard InChI is InChI=1S/C24H28N2O2/c1-14(2)20-12-26(23(20)17-5-7-18(8-6-17)24(27)28)13-21-15(3)11-16(4)22-19(21)9-10-25-22/h5-11,14,20,23,25H,12-13H2,1-4H3,(H,27,28)/t20?,23-/m0/s1. The summed E-state index contributed by atoms with van der Waals surface area (Å²) in [4.78, 5) is 17.1. The van der Waals surface area contributed by atoms with E-state index in [1.54, 1.807) is 12.1 Å². The van der Waals surface area contributed by atoms with E-state index in [-0.39, 0.29) is 0 Å². The van der Waals surface area contributed by atoms with Crippen molar-refractivity contribution in [1.82, 2.24) is 9.88 Å². The van der Waals surface area contributed by atoms with Crippen molar-refractivity contribution >= 4 is 16.9 Å². The van der Waals surface area contributed by atoms with Gasteiger partial charge in [0.05, 0.1) is 5.56 Å². The first kappa shape index (κ1) is 18.8. The maximum atomic E-state index is 11.2. The number of aromatic carboxylic acids is 1. The number of aromatic amines is 1. The minimum atomic E-state index is -0.873. The van der Waals surface area contributed by atoms with Crippen LogP contribution in [0.5, 0.6) is 0 Å². The topological polar surface area (TPSA) is 56.3 Å². The first-order valence-electron chi connectivity index (χ1n) is 10.00. The Labute approximate surface area is 166 Å². The molecule has 1 unspecified atom stereocenters. The van der Waals surface area contributed by atoms with Gasteiger partial charge in [-0.25, -0.2) is 4.79 Å².